The minimum atomic E-state index is -0.671. The molecular weight excluding hydrogens is 284 g/mol. The van der Waals surface area contributed by atoms with E-state index in [-0.39, 0.29) is 5.91 Å². The maximum atomic E-state index is 12.5. The van der Waals surface area contributed by atoms with Crippen molar-refractivity contribution in [1.82, 2.24) is 0 Å². The van der Waals surface area contributed by atoms with Crippen molar-refractivity contribution in [2.24, 2.45) is 0 Å². The molecule has 2 rings (SSSR count). The molecule has 0 spiro atoms. The maximum Gasteiger partial charge on any atom is 0.328 e. The third-order valence-electron chi connectivity index (χ3n) is 3.62. The van der Waals surface area contributed by atoms with Crippen LogP contribution in [0.4, 0.5) is 11.4 Å². The van der Waals surface area contributed by atoms with Gasteiger partial charge in [-0.3, -0.25) is 9.69 Å². The summed E-state index contributed by atoms with van der Waals surface area (Å²) < 4.78 is 10.4. The molecule has 1 aliphatic heterocycles. The van der Waals surface area contributed by atoms with Gasteiger partial charge in [-0.25, -0.2) is 4.79 Å². The van der Waals surface area contributed by atoms with E-state index in [1.807, 2.05) is 13.0 Å². The molecule has 0 saturated heterocycles. The minimum absolute atomic E-state index is 0.154. The van der Waals surface area contributed by atoms with Crippen molar-refractivity contribution in [2.75, 3.05) is 23.9 Å². The quantitative estimate of drug-likeness (QED) is 0.845. The van der Waals surface area contributed by atoms with E-state index in [2.05, 4.69) is 5.32 Å². The molecule has 22 heavy (non-hydrogen) atoms. The van der Waals surface area contributed by atoms with E-state index in [1.54, 1.807) is 33.1 Å². The first-order chi connectivity index (χ1) is 10.5. The molecule has 0 aliphatic carbocycles. The first-order valence-corrected chi connectivity index (χ1v) is 7.43. The van der Waals surface area contributed by atoms with Gasteiger partial charge in [0.25, 0.3) is 0 Å². The lowest BCUT2D eigenvalue weighted by atomic mass is 10.1. The molecule has 1 aromatic carbocycles. The van der Waals surface area contributed by atoms with Crippen LogP contribution in [0.3, 0.4) is 0 Å². The number of hydrogen-bond donors (Lipinski definition) is 1. The van der Waals surface area contributed by atoms with E-state index in [0.717, 1.165) is 12.1 Å². The number of carbonyl (C=O) groups excluding carboxylic acids is 2. The molecule has 0 bridgehead atoms. The average molecular weight is 306 g/mol. The number of rotatable bonds is 5. The number of amides is 1. The van der Waals surface area contributed by atoms with Gasteiger partial charge in [0.15, 0.2) is 0 Å². The maximum absolute atomic E-state index is 12.5. The summed E-state index contributed by atoms with van der Waals surface area (Å²) in [5, 5.41) is 3.13. The number of nitrogens with one attached hydrogen (secondary N) is 1. The zero-order valence-electron chi connectivity index (χ0n) is 13.4. The highest BCUT2D eigenvalue weighted by molar-refractivity contribution is 6.08. The van der Waals surface area contributed by atoms with E-state index in [0.29, 0.717) is 18.0 Å². The van der Waals surface area contributed by atoms with Crippen molar-refractivity contribution in [3.63, 3.8) is 0 Å². The SMILES string of the molecule is CCCOC(=O)C(C)N1C(=O)C(C)Nc2cc(OC)ccc21. The molecule has 120 valence electrons. The molecule has 2 atom stereocenters. The molecule has 0 radical (unpaired) electrons. The number of fused-ring (bicyclic) bond motifs is 1. The Bertz CT molecular complexity index is 573. The van der Waals surface area contributed by atoms with E-state index in [1.165, 1.54) is 4.90 Å². The monoisotopic (exact) mass is 306 g/mol. The van der Waals surface area contributed by atoms with Crippen LogP contribution in [0.1, 0.15) is 27.2 Å². The number of carbonyl (C=O) groups is 2. The Morgan fingerprint density at radius 2 is 2.18 bits per heavy atom. The zero-order valence-corrected chi connectivity index (χ0v) is 13.4. The second-order valence-electron chi connectivity index (χ2n) is 5.30. The molecule has 1 heterocycles. The summed E-state index contributed by atoms with van der Waals surface area (Å²) in [6.07, 6.45) is 0.748. The number of esters is 1. The smallest absolute Gasteiger partial charge is 0.328 e. The van der Waals surface area contributed by atoms with Crippen LogP contribution >= 0.6 is 0 Å². The lowest BCUT2D eigenvalue weighted by Gasteiger charge is -2.36. The van der Waals surface area contributed by atoms with Gasteiger partial charge in [-0.2, -0.15) is 0 Å². The molecule has 6 heteroatoms. The Hall–Kier alpha value is -2.24. The summed E-state index contributed by atoms with van der Waals surface area (Å²) >= 11 is 0. The van der Waals surface area contributed by atoms with Gasteiger partial charge in [-0.15, -0.1) is 0 Å². The molecular formula is C16H22N2O4. The van der Waals surface area contributed by atoms with Crippen molar-refractivity contribution in [2.45, 2.75) is 39.3 Å². The number of benzene rings is 1. The lowest BCUT2D eigenvalue weighted by molar-refractivity contribution is -0.146. The van der Waals surface area contributed by atoms with E-state index in [9.17, 15) is 9.59 Å². The van der Waals surface area contributed by atoms with Crippen molar-refractivity contribution >= 4 is 23.3 Å². The van der Waals surface area contributed by atoms with Gasteiger partial charge in [-0.1, -0.05) is 6.92 Å². The van der Waals surface area contributed by atoms with Gasteiger partial charge >= 0.3 is 5.97 Å². The third-order valence-corrected chi connectivity index (χ3v) is 3.62. The largest absolute Gasteiger partial charge is 0.497 e. The van der Waals surface area contributed by atoms with Gasteiger partial charge in [0, 0.05) is 6.07 Å². The normalized spacial score (nSPS) is 18.3. The predicted molar refractivity (Wildman–Crippen MR) is 84.3 cm³/mol. The van der Waals surface area contributed by atoms with Crippen LogP contribution in [0.15, 0.2) is 18.2 Å². The topological polar surface area (TPSA) is 67.9 Å². The summed E-state index contributed by atoms with van der Waals surface area (Å²) in [6, 6.07) is 4.27. The Kier molecular flexibility index (Phi) is 4.90. The lowest BCUT2D eigenvalue weighted by Crippen LogP contribution is -2.52. The van der Waals surface area contributed by atoms with E-state index in [4.69, 9.17) is 9.47 Å². The molecule has 1 amide bonds. The average Bonchev–Trinajstić information content (AvgIpc) is 2.52. The van der Waals surface area contributed by atoms with E-state index < -0.39 is 18.1 Å². The summed E-state index contributed by atoms with van der Waals surface area (Å²) in [5.74, 6) is 0.138. The highest BCUT2D eigenvalue weighted by Gasteiger charge is 2.36. The summed E-state index contributed by atoms with van der Waals surface area (Å²) in [7, 11) is 1.58. The van der Waals surface area contributed by atoms with Crippen molar-refractivity contribution in [3.8, 4) is 5.75 Å². The second kappa shape index (κ2) is 6.68. The Labute approximate surface area is 130 Å². The number of hydrogen-bond acceptors (Lipinski definition) is 5. The summed E-state index contributed by atoms with van der Waals surface area (Å²) in [6.45, 7) is 5.73. The van der Waals surface area contributed by atoms with Crippen molar-refractivity contribution < 1.29 is 19.1 Å². The number of methoxy groups -OCH3 is 1. The van der Waals surface area contributed by atoms with Crippen molar-refractivity contribution in [1.29, 1.82) is 0 Å². The molecule has 1 N–H and O–H groups in total. The van der Waals surface area contributed by atoms with Crippen LogP contribution in [0, 0.1) is 0 Å². The van der Waals surface area contributed by atoms with E-state index >= 15 is 0 Å². The Morgan fingerprint density at radius 1 is 1.45 bits per heavy atom. The molecule has 0 saturated carbocycles. The van der Waals surface area contributed by atoms with Crippen LogP contribution in [-0.2, 0) is 14.3 Å². The van der Waals surface area contributed by atoms with Gasteiger partial charge < -0.3 is 14.8 Å². The van der Waals surface area contributed by atoms with Crippen LogP contribution < -0.4 is 15.0 Å². The van der Waals surface area contributed by atoms with Crippen LogP contribution in [-0.4, -0.2) is 37.7 Å². The van der Waals surface area contributed by atoms with Gasteiger partial charge in [0.2, 0.25) is 5.91 Å². The fourth-order valence-corrected chi connectivity index (χ4v) is 2.42. The molecule has 1 aliphatic rings. The van der Waals surface area contributed by atoms with Crippen LogP contribution in [0.2, 0.25) is 0 Å². The molecule has 0 fully saturated rings. The fraction of sp³-hybridized carbons (Fsp3) is 0.500. The van der Waals surface area contributed by atoms with Crippen molar-refractivity contribution in [3.05, 3.63) is 18.2 Å². The van der Waals surface area contributed by atoms with Crippen LogP contribution in [0.5, 0.6) is 5.75 Å². The number of anilines is 2. The number of ether oxygens (including phenoxy) is 2. The van der Waals surface area contributed by atoms with Gasteiger partial charge in [0.1, 0.15) is 17.8 Å². The second-order valence-corrected chi connectivity index (χ2v) is 5.30. The molecule has 0 aromatic heterocycles. The molecule has 6 nitrogen and oxygen atoms in total. The van der Waals surface area contributed by atoms with Gasteiger partial charge in [0.05, 0.1) is 25.1 Å². The first kappa shape index (κ1) is 16.1. The van der Waals surface area contributed by atoms with Crippen LogP contribution in [0.25, 0.3) is 0 Å². The minimum Gasteiger partial charge on any atom is -0.497 e. The fourth-order valence-electron chi connectivity index (χ4n) is 2.42. The zero-order chi connectivity index (χ0) is 16.3. The molecule has 2 unspecified atom stereocenters. The summed E-state index contributed by atoms with van der Waals surface area (Å²) in [5.41, 5.74) is 1.42. The highest BCUT2D eigenvalue weighted by atomic mass is 16.5. The third kappa shape index (κ3) is 3.00. The standard InChI is InChI=1S/C16H22N2O4/c1-5-8-22-16(20)11(3)18-14-7-6-12(21-4)9-13(14)17-10(2)15(18)19/h6-7,9-11,17H,5,8H2,1-4H3. The first-order valence-electron chi connectivity index (χ1n) is 7.43. The number of nitrogens with zero attached hydrogens (tertiary/aromatic N) is 1. The predicted octanol–water partition coefficient (Wildman–Crippen LogP) is 2.18. The molecule has 1 aromatic rings. The highest BCUT2D eigenvalue weighted by Crippen LogP contribution is 2.35. The summed E-state index contributed by atoms with van der Waals surface area (Å²) in [4.78, 5) is 26.1. The Morgan fingerprint density at radius 3 is 2.82 bits per heavy atom. The Balaban J connectivity index is 2.34. The van der Waals surface area contributed by atoms with Gasteiger partial charge in [-0.05, 0) is 32.4 Å².